The molecule has 82 valence electrons. The summed E-state index contributed by atoms with van der Waals surface area (Å²) in [6.07, 6.45) is 0. The average molecular weight is 232 g/mol. The van der Waals surface area contributed by atoms with E-state index in [1.54, 1.807) is 23.5 Å². The van der Waals surface area contributed by atoms with Crippen LogP contribution in [0, 0.1) is 13.8 Å². The molecule has 0 radical (unpaired) electrons. The molecule has 1 N–H and O–H groups in total. The van der Waals surface area contributed by atoms with Gasteiger partial charge in [0.05, 0.1) is 5.56 Å². The van der Waals surface area contributed by atoms with E-state index in [0.717, 1.165) is 16.0 Å². The summed E-state index contributed by atoms with van der Waals surface area (Å²) in [7, 11) is 0. The smallest absolute Gasteiger partial charge is 0.335 e. The molecule has 0 amide bonds. The van der Waals surface area contributed by atoms with Gasteiger partial charge in [-0.2, -0.15) is 0 Å². The Morgan fingerprint density at radius 3 is 2.50 bits per heavy atom. The zero-order valence-corrected chi connectivity index (χ0v) is 9.97. The molecule has 0 spiro atoms. The lowest BCUT2D eigenvalue weighted by Gasteiger charge is -2.04. The SMILES string of the molecule is Cc1ccc(-c2cc(C(=O)O)ccc2C)s1. The van der Waals surface area contributed by atoms with Crippen molar-refractivity contribution in [2.45, 2.75) is 13.8 Å². The summed E-state index contributed by atoms with van der Waals surface area (Å²) in [6.45, 7) is 4.04. The van der Waals surface area contributed by atoms with Crippen molar-refractivity contribution in [1.82, 2.24) is 0 Å². The molecular formula is C13H12O2S. The lowest BCUT2D eigenvalue weighted by Crippen LogP contribution is -1.96. The van der Waals surface area contributed by atoms with Crippen LogP contribution in [-0.2, 0) is 0 Å². The minimum absolute atomic E-state index is 0.339. The molecule has 1 aromatic carbocycles. The Hall–Kier alpha value is -1.61. The van der Waals surface area contributed by atoms with Gasteiger partial charge in [0.25, 0.3) is 0 Å². The van der Waals surface area contributed by atoms with Crippen LogP contribution in [-0.4, -0.2) is 11.1 Å². The first-order valence-electron chi connectivity index (χ1n) is 4.98. The van der Waals surface area contributed by atoms with Gasteiger partial charge in [0.15, 0.2) is 0 Å². The van der Waals surface area contributed by atoms with Gasteiger partial charge >= 0.3 is 5.97 Å². The van der Waals surface area contributed by atoms with Crippen LogP contribution in [0.5, 0.6) is 0 Å². The van der Waals surface area contributed by atoms with Crippen LogP contribution < -0.4 is 0 Å². The summed E-state index contributed by atoms with van der Waals surface area (Å²) in [5, 5.41) is 8.96. The Balaban J connectivity index is 2.55. The first-order valence-corrected chi connectivity index (χ1v) is 5.80. The number of aromatic carboxylic acids is 1. The highest BCUT2D eigenvalue weighted by molar-refractivity contribution is 7.15. The predicted molar refractivity (Wildman–Crippen MR) is 66.2 cm³/mol. The molecule has 2 rings (SSSR count). The Bertz CT molecular complexity index is 541. The van der Waals surface area contributed by atoms with E-state index < -0.39 is 5.97 Å². The number of hydrogen-bond acceptors (Lipinski definition) is 2. The van der Waals surface area contributed by atoms with Crippen LogP contribution in [0.15, 0.2) is 30.3 Å². The normalized spacial score (nSPS) is 10.4. The Kier molecular flexibility index (Phi) is 2.79. The maximum atomic E-state index is 10.9. The van der Waals surface area contributed by atoms with Crippen molar-refractivity contribution in [2.75, 3.05) is 0 Å². The second kappa shape index (κ2) is 4.10. The van der Waals surface area contributed by atoms with E-state index in [-0.39, 0.29) is 0 Å². The number of carboxylic acid groups (broad SMARTS) is 1. The van der Waals surface area contributed by atoms with Gasteiger partial charge in [-0.05, 0) is 49.2 Å². The minimum atomic E-state index is -0.880. The quantitative estimate of drug-likeness (QED) is 0.856. The van der Waals surface area contributed by atoms with Gasteiger partial charge < -0.3 is 5.11 Å². The zero-order valence-electron chi connectivity index (χ0n) is 9.15. The van der Waals surface area contributed by atoms with Crippen LogP contribution in [0.1, 0.15) is 20.8 Å². The van der Waals surface area contributed by atoms with Crippen molar-refractivity contribution in [1.29, 1.82) is 0 Å². The highest BCUT2D eigenvalue weighted by atomic mass is 32.1. The zero-order chi connectivity index (χ0) is 11.7. The van der Waals surface area contributed by atoms with E-state index in [1.165, 1.54) is 4.88 Å². The largest absolute Gasteiger partial charge is 0.478 e. The van der Waals surface area contributed by atoms with Crippen LogP contribution in [0.3, 0.4) is 0 Å². The van der Waals surface area contributed by atoms with Gasteiger partial charge in [-0.15, -0.1) is 11.3 Å². The second-order valence-electron chi connectivity index (χ2n) is 3.75. The average Bonchev–Trinajstić information content (AvgIpc) is 2.65. The number of carboxylic acids is 1. The highest BCUT2D eigenvalue weighted by Gasteiger charge is 2.09. The fourth-order valence-corrected chi connectivity index (χ4v) is 2.55. The number of aryl methyl sites for hydroxylation is 2. The van der Waals surface area contributed by atoms with Gasteiger partial charge in [0.1, 0.15) is 0 Å². The standard InChI is InChI=1S/C13H12O2S/c1-8-3-5-10(13(14)15)7-11(8)12-6-4-9(2)16-12/h3-7H,1-2H3,(H,14,15). The molecule has 16 heavy (non-hydrogen) atoms. The second-order valence-corrected chi connectivity index (χ2v) is 5.03. The Morgan fingerprint density at radius 1 is 1.19 bits per heavy atom. The third kappa shape index (κ3) is 1.99. The molecule has 2 nitrogen and oxygen atoms in total. The molecule has 0 aliphatic heterocycles. The molecule has 3 heteroatoms. The molecule has 0 unspecified atom stereocenters. The van der Waals surface area contributed by atoms with Crippen molar-refractivity contribution in [2.24, 2.45) is 0 Å². The Morgan fingerprint density at radius 2 is 1.94 bits per heavy atom. The topological polar surface area (TPSA) is 37.3 Å². The van der Waals surface area contributed by atoms with E-state index in [0.29, 0.717) is 5.56 Å². The Labute approximate surface area is 98.2 Å². The number of rotatable bonds is 2. The van der Waals surface area contributed by atoms with E-state index in [2.05, 4.69) is 0 Å². The maximum absolute atomic E-state index is 10.9. The van der Waals surface area contributed by atoms with E-state index in [1.807, 2.05) is 32.0 Å². The summed E-state index contributed by atoms with van der Waals surface area (Å²) in [5.41, 5.74) is 2.46. The van der Waals surface area contributed by atoms with Crippen LogP contribution in [0.2, 0.25) is 0 Å². The molecule has 0 aliphatic rings. The molecule has 1 heterocycles. The van der Waals surface area contributed by atoms with Crippen LogP contribution in [0.25, 0.3) is 10.4 Å². The molecule has 0 bridgehead atoms. The summed E-state index contributed by atoms with van der Waals surface area (Å²) in [5.74, 6) is -0.880. The minimum Gasteiger partial charge on any atom is -0.478 e. The van der Waals surface area contributed by atoms with E-state index in [4.69, 9.17) is 5.11 Å². The number of carbonyl (C=O) groups is 1. The molecular weight excluding hydrogens is 220 g/mol. The summed E-state index contributed by atoms with van der Waals surface area (Å²) >= 11 is 1.68. The lowest BCUT2D eigenvalue weighted by atomic mass is 10.0. The number of hydrogen-bond donors (Lipinski definition) is 1. The molecule has 0 aliphatic carbocycles. The van der Waals surface area contributed by atoms with Gasteiger partial charge in [0.2, 0.25) is 0 Å². The summed E-state index contributed by atoms with van der Waals surface area (Å²) < 4.78 is 0. The maximum Gasteiger partial charge on any atom is 0.335 e. The number of thiophene rings is 1. The van der Waals surface area contributed by atoms with Crippen molar-refractivity contribution in [3.63, 3.8) is 0 Å². The van der Waals surface area contributed by atoms with E-state index in [9.17, 15) is 4.79 Å². The van der Waals surface area contributed by atoms with Gasteiger partial charge in [-0.25, -0.2) is 4.79 Å². The lowest BCUT2D eigenvalue weighted by molar-refractivity contribution is 0.0697. The van der Waals surface area contributed by atoms with Gasteiger partial charge in [-0.3, -0.25) is 0 Å². The van der Waals surface area contributed by atoms with Crippen LogP contribution >= 0.6 is 11.3 Å². The predicted octanol–water partition coefficient (Wildman–Crippen LogP) is 3.73. The summed E-state index contributed by atoms with van der Waals surface area (Å²) in [4.78, 5) is 13.3. The molecule has 2 aromatic rings. The van der Waals surface area contributed by atoms with Gasteiger partial charge in [0, 0.05) is 9.75 Å². The van der Waals surface area contributed by atoms with Crippen molar-refractivity contribution >= 4 is 17.3 Å². The van der Waals surface area contributed by atoms with Crippen molar-refractivity contribution < 1.29 is 9.90 Å². The van der Waals surface area contributed by atoms with E-state index >= 15 is 0 Å². The fraction of sp³-hybridized carbons (Fsp3) is 0.154. The van der Waals surface area contributed by atoms with Crippen LogP contribution in [0.4, 0.5) is 0 Å². The molecule has 0 fully saturated rings. The molecule has 0 atom stereocenters. The monoisotopic (exact) mass is 232 g/mol. The van der Waals surface area contributed by atoms with Crippen molar-refractivity contribution in [3.8, 4) is 10.4 Å². The molecule has 1 aromatic heterocycles. The first-order chi connectivity index (χ1) is 7.58. The third-order valence-corrected chi connectivity index (χ3v) is 3.52. The molecule has 0 saturated carbocycles. The molecule has 0 saturated heterocycles. The van der Waals surface area contributed by atoms with Crippen molar-refractivity contribution in [3.05, 3.63) is 46.3 Å². The summed E-state index contributed by atoms with van der Waals surface area (Å²) in [6, 6.07) is 9.32. The fourth-order valence-electron chi connectivity index (χ4n) is 1.60. The van der Waals surface area contributed by atoms with Gasteiger partial charge in [-0.1, -0.05) is 6.07 Å². The first kappa shape index (κ1) is 10.9. The number of benzene rings is 1. The third-order valence-electron chi connectivity index (χ3n) is 2.49. The highest BCUT2D eigenvalue weighted by Crippen LogP contribution is 2.30.